The second-order valence-corrected chi connectivity index (χ2v) is 10.2. The van der Waals surface area contributed by atoms with Crippen molar-refractivity contribution >= 4 is 27.7 Å². The van der Waals surface area contributed by atoms with Gasteiger partial charge in [0.2, 0.25) is 10.0 Å². The number of thioether (sulfide) groups is 1. The first kappa shape index (κ1) is 24.2. The molecule has 0 saturated carbocycles. The molecule has 0 aromatic heterocycles. The fraction of sp³-hybridized carbons (Fsp3) is 0.409. The number of ether oxygens (including phenoxy) is 1. The molecule has 2 N–H and O–H groups in total. The van der Waals surface area contributed by atoms with Crippen LogP contribution >= 0.6 is 11.8 Å². The number of sulfonamides is 1. The number of hydrogen-bond acceptors (Lipinski definition) is 5. The van der Waals surface area contributed by atoms with E-state index in [-0.39, 0.29) is 29.4 Å². The van der Waals surface area contributed by atoms with E-state index in [0.29, 0.717) is 17.9 Å². The minimum absolute atomic E-state index is 0.141. The summed E-state index contributed by atoms with van der Waals surface area (Å²) < 4.78 is 32.9. The fourth-order valence-corrected chi connectivity index (χ4v) is 4.42. The van der Waals surface area contributed by atoms with Gasteiger partial charge in [0.05, 0.1) is 10.9 Å². The van der Waals surface area contributed by atoms with Crippen molar-refractivity contribution in [2.45, 2.75) is 43.5 Å². The van der Waals surface area contributed by atoms with Gasteiger partial charge in [-0.15, -0.1) is 11.8 Å². The smallest absolute Gasteiger partial charge is 0.258 e. The predicted molar refractivity (Wildman–Crippen MR) is 121 cm³/mol. The molecule has 0 heterocycles. The molecule has 0 aliphatic rings. The van der Waals surface area contributed by atoms with Gasteiger partial charge in [0.1, 0.15) is 5.75 Å². The molecule has 0 saturated heterocycles. The lowest BCUT2D eigenvalue weighted by atomic mass is 10.1. The Kier molecular flexibility index (Phi) is 8.76. The van der Waals surface area contributed by atoms with Gasteiger partial charge in [0.15, 0.2) is 6.61 Å². The van der Waals surface area contributed by atoms with E-state index in [0.717, 1.165) is 5.56 Å². The van der Waals surface area contributed by atoms with E-state index < -0.39 is 10.0 Å². The Bertz CT molecular complexity index is 958. The molecular weight excluding hydrogens is 420 g/mol. The van der Waals surface area contributed by atoms with Crippen molar-refractivity contribution in [2.24, 2.45) is 5.92 Å². The number of amides is 1. The SMILES string of the molecule is CSc1ccc(C(C)NC(=O)COc2ccc(S(=O)(=O)NCC(C)C)cc2C)cc1. The number of benzene rings is 2. The first-order valence-electron chi connectivity index (χ1n) is 9.79. The molecule has 0 spiro atoms. The van der Waals surface area contributed by atoms with E-state index in [1.807, 2.05) is 51.3 Å². The molecule has 2 aromatic rings. The molecule has 2 rings (SSSR count). The van der Waals surface area contributed by atoms with Gasteiger partial charge in [0.25, 0.3) is 5.91 Å². The van der Waals surface area contributed by atoms with Gasteiger partial charge in [-0.1, -0.05) is 26.0 Å². The average molecular weight is 451 g/mol. The van der Waals surface area contributed by atoms with Crippen molar-refractivity contribution in [3.63, 3.8) is 0 Å². The summed E-state index contributed by atoms with van der Waals surface area (Å²) in [6.45, 7) is 7.78. The molecule has 30 heavy (non-hydrogen) atoms. The van der Waals surface area contributed by atoms with E-state index in [1.54, 1.807) is 30.8 Å². The first-order chi connectivity index (χ1) is 14.1. The minimum Gasteiger partial charge on any atom is -0.484 e. The largest absolute Gasteiger partial charge is 0.484 e. The van der Waals surface area contributed by atoms with Crippen molar-refractivity contribution in [2.75, 3.05) is 19.4 Å². The summed E-state index contributed by atoms with van der Waals surface area (Å²) >= 11 is 1.67. The van der Waals surface area contributed by atoms with Gasteiger partial charge in [-0.25, -0.2) is 13.1 Å². The normalized spacial score (nSPS) is 12.6. The Hall–Kier alpha value is -2.03. The summed E-state index contributed by atoms with van der Waals surface area (Å²) in [6, 6.07) is 12.5. The van der Waals surface area contributed by atoms with Crippen LogP contribution < -0.4 is 14.8 Å². The Morgan fingerprint density at radius 3 is 2.33 bits per heavy atom. The number of nitrogens with one attached hydrogen (secondary N) is 2. The van der Waals surface area contributed by atoms with Gasteiger partial charge in [-0.2, -0.15) is 0 Å². The maximum Gasteiger partial charge on any atom is 0.258 e. The van der Waals surface area contributed by atoms with Crippen LogP contribution in [0.25, 0.3) is 0 Å². The molecule has 0 fully saturated rings. The van der Waals surface area contributed by atoms with Crippen LogP contribution in [0.3, 0.4) is 0 Å². The summed E-state index contributed by atoms with van der Waals surface area (Å²) in [7, 11) is -3.56. The Balaban J connectivity index is 1.94. The third kappa shape index (κ3) is 7.04. The molecule has 0 aliphatic carbocycles. The van der Waals surface area contributed by atoms with Crippen LogP contribution in [-0.4, -0.2) is 33.7 Å². The van der Waals surface area contributed by atoms with E-state index >= 15 is 0 Å². The van der Waals surface area contributed by atoms with Crippen molar-refractivity contribution in [1.82, 2.24) is 10.0 Å². The van der Waals surface area contributed by atoms with Crippen LogP contribution in [0.1, 0.15) is 37.9 Å². The fourth-order valence-electron chi connectivity index (χ4n) is 2.71. The van der Waals surface area contributed by atoms with Crippen LogP contribution in [-0.2, 0) is 14.8 Å². The highest BCUT2D eigenvalue weighted by Crippen LogP contribution is 2.22. The molecule has 0 aliphatic heterocycles. The van der Waals surface area contributed by atoms with Crippen LogP contribution in [0.4, 0.5) is 0 Å². The molecule has 2 aromatic carbocycles. The molecule has 1 unspecified atom stereocenters. The van der Waals surface area contributed by atoms with Gasteiger partial charge >= 0.3 is 0 Å². The summed E-state index contributed by atoms with van der Waals surface area (Å²) in [5, 5.41) is 2.91. The Morgan fingerprint density at radius 1 is 1.10 bits per heavy atom. The number of rotatable bonds is 10. The summed E-state index contributed by atoms with van der Waals surface area (Å²) in [5.74, 6) is 0.448. The molecule has 0 radical (unpaired) electrons. The van der Waals surface area contributed by atoms with Crippen LogP contribution in [0, 0.1) is 12.8 Å². The van der Waals surface area contributed by atoms with E-state index in [4.69, 9.17) is 4.74 Å². The lowest BCUT2D eigenvalue weighted by Gasteiger charge is -2.16. The highest BCUT2D eigenvalue weighted by molar-refractivity contribution is 7.98. The molecule has 1 amide bonds. The van der Waals surface area contributed by atoms with E-state index in [9.17, 15) is 13.2 Å². The number of carbonyl (C=O) groups is 1. The third-order valence-corrected chi connectivity index (χ3v) is 6.66. The second kappa shape index (κ2) is 10.8. The van der Waals surface area contributed by atoms with Crippen molar-refractivity contribution in [1.29, 1.82) is 0 Å². The third-order valence-electron chi connectivity index (χ3n) is 4.49. The summed E-state index contributed by atoms with van der Waals surface area (Å²) in [6.07, 6.45) is 2.02. The number of hydrogen-bond donors (Lipinski definition) is 2. The van der Waals surface area contributed by atoms with Gasteiger partial charge in [0, 0.05) is 11.4 Å². The molecule has 8 heteroatoms. The van der Waals surface area contributed by atoms with E-state index in [2.05, 4.69) is 10.0 Å². The number of aryl methyl sites for hydroxylation is 1. The first-order valence-corrected chi connectivity index (χ1v) is 12.5. The monoisotopic (exact) mass is 450 g/mol. The average Bonchev–Trinajstić information content (AvgIpc) is 2.71. The van der Waals surface area contributed by atoms with Gasteiger partial charge < -0.3 is 10.1 Å². The molecule has 164 valence electrons. The maximum absolute atomic E-state index is 12.3. The molecule has 6 nitrogen and oxygen atoms in total. The zero-order valence-electron chi connectivity index (χ0n) is 18.1. The van der Waals surface area contributed by atoms with Gasteiger partial charge in [-0.3, -0.25) is 4.79 Å². The molecular formula is C22H30N2O4S2. The molecule has 1 atom stereocenters. The quantitative estimate of drug-likeness (QED) is 0.536. The topological polar surface area (TPSA) is 84.5 Å². The highest BCUT2D eigenvalue weighted by atomic mass is 32.2. The standard InChI is InChI=1S/C22H30N2O4S2/c1-15(2)13-23-30(26,27)20-10-11-21(16(3)12-20)28-14-22(25)24-17(4)18-6-8-19(29-5)9-7-18/h6-12,15,17,23H,13-14H2,1-5H3,(H,24,25). The van der Waals surface area contributed by atoms with E-state index in [1.165, 1.54) is 11.0 Å². The minimum atomic E-state index is -3.56. The number of carbonyl (C=O) groups excluding carboxylic acids is 1. The van der Waals surface area contributed by atoms with Crippen molar-refractivity contribution in [3.8, 4) is 5.75 Å². The maximum atomic E-state index is 12.3. The predicted octanol–water partition coefficient (Wildman–Crippen LogP) is 3.91. The van der Waals surface area contributed by atoms with Crippen LogP contribution in [0.2, 0.25) is 0 Å². The summed E-state index contributed by atoms with van der Waals surface area (Å²) in [4.78, 5) is 13.6. The summed E-state index contributed by atoms with van der Waals surface area (Å²) in [5.41, 5.74) is 1.66. The zero-order valence-corrected chi connectivity index (χ0v) is 19.7. The van der Waals surface area contributed by atoms with Gasteiger partial charge in [-0.05, 0) is 67.5 Å². The lowest BCUT2D eigenvalue weighted by Crippen LogP contribution is -2.31. The molecule has 0 bridgehead atoms. The second-order valence-electron chi connectivity index (χ2n) is 7.52. The van der Waals surface area contributed by atoms with Crippen LogP contribution in [0.5, 0.6) is 5.75 Å². The Labute approximate surface area is 183 Å². The zero-order chi connectivity index (χ0) is 22.3. The Morgan fingerprint density at radius 2 is 1.77 bits per heavy atom. The van der Waals surface area contributed by atoms with Crippen LogP contribution in [0.15, 0.2) is 52.3 Å². The van der Waals surface area contributed by atoms with Crippen molar-refractivity contribution < 1.29 is 17.9 Å². The van der Waals surface area contributed by atoms with Crippen molar-refractivity contribution in [3.05, 3.63) is 53.6 Å². The lowest BCUT2D eigenvalue weighted by molar-refractivity contribution is -0.123. The highest BCUT2D eigenvalue weighted by Gasteiger charge is 2.16.